The molecule has 0 bridgehead atoms. The predicted molar refractivity (Wildman–Crippen MR) is 112 cm³/mol. The minimum atomic E-state index is -0.325. The van der Waals surface area contributed by atoms with E-state index in [0.717, 1.165) is 52.7 Å². The van der Waals surface area contributed by atoms with Crippen molar-refractivity contribution in [2.45, 2.75) is 39.0 Å². The lowest BCUT2D eigenvalue weighted by molar-refractivity contribution is 0.310. The number of ether oxygens (including phenoxy) is 1. The average Bonchev–Trinajstić information content (AvgIpc) is 2.64. The molecule has 2 aromatic rings. The van der Waals surface area contributed by atoms with E-state index in [2.05, 4.69) is 4.90 Å². The Hall–Kier alpha value is -1.53. The fourth-order valence-corrected chi connectivity index (χ4v) is 4.44. The summed E-state index contributed by atoms with van der Waals surface area (Å²) < 4.78 is 12.1. The van der Waals surface area contributed by atoms with Crippen molar-refractivity contribution in [2.24, 2.45) is 0 Å². The lowest BCUT2D eigenvalue weighted by atomic mass is 10.1. The van der Waals surface area contributed by atoms with Crippen LogP contribution in [0.3, 0.4) is 0 Å². The molecule has 1 fully saturated rings. The van der Waals surface area contributed by atoms with Crippen LogP contribution in [-0.4, -0.2) is 34.7 Å². The largest absolute Gasteiger partial charge is 0.493 e. The zero-order valence-electron chi connectivity index (χ0n) is 15.2. The molecule has 0 saturated carbocycles. The molecule has 1 aromatic carbocycles. The number of piperidine rings is 1. The molecule has 1 aliphatic rings. The first kappa shape index (κ1) is 19.2. The SMILES string of the molecule is Cc1cc(=O)oc2cc(OCCCCSC(=S)N3CCCCC3)ccc12. The van der Waals surface area contributed by atoms with Crippen LogP contribution < -0.4 is 10.4 Å². The molecule has 1 aliphatic heterocycles. The summed E-state index contributed by atoms with van der Waals surface area (Å²) in [5.74, 6) is 1.77. The molecule has 0 N–H and O–H groups in total. The van der Waals surface area contributed by atoms with Gasteiger partial charge in [-0.15, -0.1) is 0 Å². The second kappa shape index (κ2) is 9.42. The van der Waals surface area contributed by atoms with E-state index in [4.69, 9.17) is 21.4 Å². The molecule has 0 amide bonds. The zero-order valence-corrected chi connectivity index (χ0v) is 16.8. The number of fused-ring (bicyclic) bond motifs is 1. The van der Waals surface area contributed by atoms with E-state index in [1.807, 2.05) is 19.1 Å². The number of nitrogens with zero attached hydrogens (tertiary/aromatic N) is 1. The van der Waals surface area contributed by atoms with E-state index < -0.39 is 0 Å². The van der Waals surface area contributed by atoms with Crippen LogP contribution in [0, 0.1) is 6.92 Å². The molecular formula is C20H25NO3S2. The molecule has 0 spiro atoms. The summed E-state index contributed by atoms with van der Waals surface area (Å²) in [6, 6.07) is 7.17. The van der Waals surface area contributed by atoms with Gasteiger partial charge in [-0.25, -0.2) is 4.79 Å². The Morgan fingerprint density at radius 3 is 2.85 bits per heavy atom. The van der Waals surface area contributed by atoms with E-state index in [1.54, 1.807) is 17.8 Å². The molecule has 4 nitrogen and oxygen atoms in total. The first-order chi connectivity index (χ1) is 12.6. The summed E-state index contributed by atoms with van der Waals surface area (Å²) in [4.78, 5) is 13.8. The van der Waals surface area contributed by atoms with Gasteiger partial charge >= 0.3 is 5.63 Å². The number of hydrogen-bond donors (Lipinski definition) is 0. The maximum atomic E-state index is 11.5. The highest BCUT2D eigenvalue weighted by Gasteiger charge is 2.13. The summed E-state index contributed by atoms with van der Waals surface area (Å²) in [7, 11) is 0. The second-order valence-corrected chi connectivity index (χ2v) is 8.35. The molecule has 0 atom stereocenters. The number of thioether (sulfide) groups is 1. The highest BCUT2D eigenvalue weighted by atomic mass is 32.2. The fourth-order valence-electron chi connectivity index (χ4n) is 3.12. The molecular weight excluding hydrogens is 366 g/mol. The van der Waals surface area contributed by atoms with Crippen molar-refractivity contribution in [3.05, 3.63) is 40.2 Å². The van der Waals surface area contributed by atoms with Crippen molar-refractivity contribution < 1.29 is 9.15 Å². The normalized spacial score (nSPS) is 14.6. The molecule has 0 aliphatic carbocycles. The molecule has 1 saturated heterocycles. The van der Waals surface area contributed by atoms with Gasteiger partial charge in [0.15, 0.2) is 0 Å². The highest BCUT2D eigenvalue weighted by Crippen LogP contribution is 2.22. The fraction of sp³-hybridized carbons (Fsp3) is 0.500. The quantitative estimate of drug-likeness (QED) is 0.402. The summed E-state index contributed by atoms with van der Waals surface area (Å²) in [5.41, 5.74) is 1.17. The van der Waals surface area contributed by atoms with Crippen LogP contribution in [0.1, 0.15) is 37.7 Å². The van der Waals surface area contributed by atoms with Gasteiger partial charge in [-0.2, -0.15) is 0 Å². The Bertz CT molecular complexity index is 812. The van der Waals surface area contributed by atoms with Crippen LogP contribution in [0.25, 0.3) is 11.0 Å². The maximum Gasteiger partial charge on any atom is 0.336 e. The lowest BCUT2D eigenvalue weighted by Crippen LogP contribution is -2.32. The first-order valence-electron chi connectivity index (χ1n) is 9.22. The molecule has 0 unspecified atom stereocenters. The molecule has 6 heteroatoms. The number of aryl methyl sites for hydroxylation is 1. The van der Waals surface area contributed by atoms with Gasteiger partial charge in [0.2, 0.25) is 0 Å². The minimum absolute atomic E-state index is 0.325. The van der Waals surface area contributed by atoms with Gasteiger partial charge in [-0.3, -0.25) is 0 Å². The van der Waals surface area contributed by atoms with Gasteiger partial charge in [-0.1, -0.05) is 24.0 Å². The summed E-state index contributed by atoms with van der Waals surface area (Å²) in [5, 5.41) is 0.944. The van der Waals surface area contributed by atoms with Gasteiger partial charge in [-0.05, 0) is 56.7 Å². The van der Waals surface area contributed by atoms with Gasteiger partial charge in [0, 0.05) is 36.4 Å². The van der Waals surface area contributed by atoms with Crippen LogP contribution in [-0.2, 0) is 0 Å². The van der Waals surface area contributed by atoms with E-state index in [9.17, 15) is 4.79 Å². The standard InChI is InChI=1S/C20H25NO3S2/c1-15-13-19(22)24-18-14-16(7-8-17(15)18)23-11-5-6-12-26-20(25)21-9-3-2-4-10-21/h7-8,13-14H,2-6,9-12H2,1H3. The van der Waals surface area contributed by atoms with Gasteiger partial charge < -0.3 is 14.1 Å². The summed E-state index contributed by atoms with van der Waals surface area (Å²) in [6.07, 6.45) is 5.91. The highest BCUT2D eigenvalue weighted by molar-refractivity contribution is 8.22. The minimum Gasteiger partial charge on any atom is -0.493 e. The zero-order chi connectivity index (χ0) is 18.4. The smallest absolute Gasteiger partial charge is 0.336 e. The monoisotopic (exact) mass is 391 g/mol. The topological polar surface area (TPSA) is 42.7 Å². The van der Waals surface area contributed by atoms with Crippen molar-refractivity contribution in [3.63, 3.8) is 0 Å². The lowest BCUT2D eigenvalue weighted by Gasteiger charge is -2.28. The molecule has 3 rings (SSSR count). The van der Waals surface area contributed by atoms with E-state index in [0.29, 0.717) is 12.2 Å². The van der Waals surface area contributed by atoms with Crippen molar-refractivity contribution >= 4 is 39.3 Å². The third-order valence-electron chi connectivity index (χ3n) is 4.57. The summed E-state index contributed by atoms with van der Waals surface area (Å²) >= 11 is 7.30. The number of rotatable bonds is 6. The third kappa shape index (κ3) is 5.24. The summed E-state index contributed by atoms with van der Waals surface area (Å²) in [6.45, 7) is 4.80. The van der Waals surface area contributed by atoms with E-state index in [-0.39, 0.29) is 5.63 Å². The first-order valence-corrected chi connectivity index (χ1v) is 10.6. The van der Waals surface area contributed by atoms with Gasteiger partial charge in [0.05, 0.1) is 6.61 Å². The molecule has 26 heavy (non-hydrogen) atoms. The average molecular weight is 392 g/mol. The van der Waals surface area contributed by atoms with Crippen LogP contribution in [0.5, 0.6) is 5.75 Å². The van der Waals surface area contributed by atoms with Crippen LogP contribution in [0.4, 0.5) is 0 Å². The van der Waals surface area contributed by atoms with Crippen LogP contribution in [0.2, 0.25) is 0 Å². The maximum absolute atomic E-state index is 11.5. The van der Waals surface area contributed by atoms with Crippen molar-refractivity contribution in [2.75, 3.05) is 25.4 Å². The Morgan fingerprint density at radius 2 is 2.04 bits per heavy atom. The van der Waals surface area contributed by atoms with Crippen LogP contribution in [0.15, 0.2) is 33.5 Å². The Morgan fingerprint density at radius 1 is 1.23 bits per heavy atom. The number of likely N-dealkylation sites (tertiary alicyclic amines) is 1. The number of benzene rings is 1. The Balaban J connectivity index is 1.39. The van der Waals surface area contributed by atoms with Crippen molar-refractivity contribution in [1.82, 2.24) is 4.90 Å². The third-order valence-corrected chi connectivity index (χ3v) is 6.18. The van der Waals surface area contributed by atoms with E-state index in [1.165, 1.54) is 25.3 Å². The molecule has 1 aromatic heterocycles. The van der Waals surface area contributed by atoms with E-state index >= 15 is 0 Å². The number of hydrogen-bond acceptors (Lipinski definition) is 5. The molecule has 140 valence electrons. The number of thiocarbonyl (C=S) groups is 1. The number of unbranched alkanes of at least 4 members (excludes halogenated alkanes) is 1. The van der Waals surface area contributed by atoms with Crippen molar-refractivity contribution in [3.8, 4) is 5.75 Å². The second-order valence-electron chi connectivity index (χ2n) is 6.62. The van der Waals surface area contributed by atoms with Gasteiger partial charge in [0.25, 0.3) is 0 Å². The molecule has 0 radical (unpaired) electrons. The van der Waals surface area contributed by atoms with Crippen molar-refractivity contribution in [1.29, 1.82) is 0 Å². The predicted octanol–water partition coefficient (Wildman–Crippen LogP) is 4.76. The van der Waals surface area contributed by atoms with Gasteiger partial charge in [0.1, 0.15) is 15.7 Å². The Labute approximate surface area is 163 Å². The molecule has 2 heterocycles. The van der Waals surface area contributed by atoms with Crippen LogP contribution >= 0.6 is 24.0 Å². The Kier molecular flexibility index (Phi) is 6.97.